The summed E-state index contributed by atoms with van der Waals surface area (Å²) in [6.07, 6.45) is 2.15. The van der Waals surface area contributed by atoms with Crippen molar-refractivity contribution in [3.63, 3.8) is 0 Å². The average molecular weight is 284 g/mol. The Morgan fingerprint density at radius 2 is 2.32 bits per heavy atom. The zero-order chi connectivity index (χ0) is 14.2. The Morgan fingerprint density at radius 3 is 2.84 bits per heavy atom. The van der Waals surface area contributed by atoms with E-state index >= 15 is 0 Å². The molecule has 1 saturated carbocycles. The Bertz CT molecular complexity index is 535. The van der Waals surface area contributed by atoms with E-state index in [0.29, 0.717) is 18.4 Å². The van der Waals surface area contributed by atoms with Gasteiger partial charge in [-0.3, -0.25) is 14.9 Å². The lowest BCUT2D eigenvalue weighted by atomic mass is 10.2. The van der Waals surface area contributed by atoms with Crippen LogP contribution in [0.3, 0.4) is 0 Å². The molecule has 1 aliphatic carbocycles. The van der Waals surface area contributed by atoms with Crippen LogP contribution in [0, 0.1) is 22.0 Å². The highest BCUT2D eigenvalue weighted by Crippen LogP contribution is 2.38. The van der Waals surface area contributed by atoms with Gasteiger partial charge in [0.1, 0.15) is 11.3 Å². The number of pyridine rings is 1. The van der Waals surface area contributed by atoms with Crippen LogP contribution in [0.25, 0.3) is 0 Å². The van der Waals surface area contributed by atoms with Crippen molar-refractivity contribution in [3.8, 4) is 0 Å². The number of carbonyl (C=O) groups excluding carboxylic acids is 1. The van der Waals surface area contributed by atoms with Crippen molar-refractivity contribution in [3.05, 3.63) is 33.1 Å². The van der Waals surface area contributed by atoms with Gasteiger partial charge in [-0.25, -0.2) is 4.98 Å². The zero-order valence-corrected chi connectivity index (χ0v) is 11.4. The Labute approximate surface area is 115 Å². The molecule has 1 fully saturated rings. The molecule has 1 heterocycles. The van der Waals surface area contributed by atoms with Gasteiger partial charge in [0.2, 0.25) is 0 Å². The van der Waals surface area contributed by atoms with Crippen molar-refractivity contribution in [2.24, 2.45) is 11.8 Å². The number of nitro groups is 1. The molecule has 1 amide bonds. The molecular formula is C12H14ClN3O3. The molecule has 2 atom stereocenters. The summed E-state index contributed by atoms with van der Waals surface area (Å²) in [5, 5.41) is 10.7. The molecule has 0 N–H and O–H groups in total. The summed E-state index contributed by atoms with van der Waals surface area (Å²) < 4.78 is 0. The smallest absolute Gasteiger partial charge is 0.288 e. The number of rotatable bonds is 4. The first-order valence-corrected chi connectivity index (χ1v) is 6.33. The van der Waals surface area contributed by atoms with Crippen molar-refractivity contribution in [2.45, 2.75) is 13.3 Å². The van der Waals surface area contributed by atoms with Gasteiger partial charge in [0.25, 0.3) is 11.6 Å². The van der Waals surface area contributed by atoms with E-state index < -0.39 is 4.92 Å². The summed E-state index contributed by atoms with van der Waals surface area (Å²) in [5.74, 6) is 0.814. The first kappa shape index (κ1) is 13.7. The van der Waals surface area contributed by atoms with Gasteiger partial charge in [-0.05, 0) is 18.3 Å². The maximum Gasteiger partial charge on any atom is 0.288 e. The predicted octanol–water partition coefficient (Wildman–Crippen LogP) is 2.37. The van der Waals surface area contributed by atoms with E-state index in [4.69, 9.17) is 11.6 Å². The molecule has 2 unspecified atom stereocenters. The molecule has 102 valence electrons. The number of nitrogens with zero attached hydrogens (tertiary/aromatic N) is 3. The first-order chi connectivity index (χ1) is 8.90. The maximum absolute atomic E-state index is 12.2. The Morgan fingerprint density at radius 1 is 1.68 bits per heavy atom. The average Bonchev–Trinajstić information content (AvgIpc) is 3.04. The van der Waals surface area contributed by atoms with Crippen LogP contribution < -0.4 is 0 Å². The second kappa shape index (κ2) is 5.13. The molecule has 0 aliphatic heterocycles. The van der Waals surface area contributed by atoms with E-state index in [9.17, 15) is 14.9 Å². The number of carbonyl (C=O) groups is 1. The molecule has 7 heteroatoms. The van der Waals surface area contributed by atoms with Gasteiger partial charge in [-0.2, -0.15) is 0 Å². The summed E-state index contributed by atoms with van der Waals surface area (Å²) in [6.45, 7) is 2.77. The standard InChI is InChI=1S/C12H14ClN3O3/c1-7-3-8(7)6-15(2)12(17)10-4-9(16(18)19)5-14-11(10)13/h4-5,7-8H,3,6H2,1-2H3. The van der Waals surface area contributed by atoms with Crippen LogP contribution in [0.5, 0.6) is 0 Å². The summed E-state index contributed by atoms with van der Waals surface area (Å²) in [4.78, 5) is 27.5. The highest BCUT2D eigenvalue weighted by atomic mass is 35.5. The summed E-state index contributed by atoms with van der Waals surface area (Å²) in [7, 11) is 1.67. The van der Waals surface area contributed by atoms with E-state index in [1.807, 2.05) is 0 Å². The van der Waals surface area contributed by atoms with E-state index in [0.717, 1.165) is 12.6 Å². The molecule has 1 aliphatic rings. The number of aromatic nitrogens is 1. The molecule has 1 aromatic heterocycles. The topological polar surface area (TPSA) is 76.3 Å². The maximum atomic E-state index is 12.2. The predicted molar refractivity (Wildman–Crippen MR) is 70.1 cm³/mol. The van der Waals surface area contributed by atoms with E-state index in [1.165, 1.54) is 6.07 Å². The molecule has 1 aromatic rings. The third-order valence-corrected chi connectivity index (χ3v) is 3.70. The first-order valence-electron chi connectivity index (χ1n) is 5.95. The summed E-state index contributed by atoms with van der Waals surface area (Å²) in [5.41, 5.74) is -0.160. The van der Waals surface area contributed by atoms with Crippen LogP contribution >= 0.6 is 11.6 Å². The molecule has 19 heavy (non-hydrogen) atoms. The lowest BCUT2D eigenvalue weighted by Gasteiger charge is -2.17. The lowest BCUT2D eigenvalue weighted by molar-refractivity contribution is -0.385. The van der Waals surface area contributed by atoms with Crippen LogP contribution in [0.4, 0.5) is 5.69 Å². The highest BCUT2D eigenvalue weighted by Gasteiger charge is 2.34. The minimum atomic E-state index is -0.594. The van der Waals surface area contributed by atoms with Gasteiger partial charge >= 0.3 is 0 Å². The monoisotopic (exact) mass is 283 g/mol. The van der Waals surface area contributed by atoms with Crippen molar-refractivity contribution in [2.75, 3.05) is 13.6 Å². The normalized spacial score (nSPS) is 21.0. The Balaban J connectivity index is 2.17. The van der Waals surface area contributed by atoms with Crippen LogP contribution in [0.15, 0.2) is 12.3 Å². The molecule has 0 spiro atoms. The van der Waals surface area contributed by atoms with Gasteiger partial charge < -0.3 is 4.90 Å². The van der Waals surface area contributed by atoms with Crippen molar-refractivity contribution in [1.29, 1.82) is 0 Å². The molecule has 0 radical (unpaired) electrons. The minimum Gasteiger partial charge on any atom is -0.341 e. The fraction of sp³-hybridized carbons (Fsp3) is 0.500. The van der Waals surface area contributed by atoms with Gasteiger partial charge in [-0.1, -0.05) is 18.5 Å². The van der Waals surface area contributed by atoms with Gasteiger partial charge in [0.15, 0.2) is 0 Å². The third-order valence-electron chi connectivity index (χ3n) is 3.40. The molecule has 0 saturated heterocycles. The van der Waals surface area contributed by atoms with Crippen molar-refractivity contribution in [1.82, 2.24) is 9.88 Å². The van der Waals surface area contributed by atoms with E-state index in [-0.39, 0.29) is 22.3 Å². The van der Waals surface area contributed by atoms with E-state index in [1.54, 1.807) is 11.9 Å². The largest absolute Gasteiger partial charge is 0.341 e. The van der Waals surface area contributed by atoms with Gasteiger partial charge in [0, 0.05) is 19.7 Å². The van der Waals surface area contributed by atoms with Gasteiger partial charge in [0.05, 0.1) is 10.5 Å². The fourth-order valence-corrected chi connectivity index (χ4v) is 2.16. The third kappa shape index (κ3) is 3.01. The van der Waals surface area contributed by atoms with Crippen LogP contribution in [0.1, 0.15) is 23.7 Å². The molecule has 2 rings (SSSR count). The lowest BCUT2D eigenvalue weighted by Crippen LogP contribution is -2.29. The van der Waals surface area contributed by atoms with E-state index in [2.05, 4.69) is 11.9 Å². The second-order valence-corrected chi connectivity index (χ2v) is 5.31. The number of hydrogen-bond donors (Lipinski definition) is 0. The minimum absolute atomic E-state index is 0.00806. The van der Waals surface area contributed by atoms with Crippen molar-refractivity contribution < 1.29 is 9.72 Å². The zero-order valence-electron chi connectivity index (χ0n) is 10.7. The van der Waals surface area contributed by atoms with Crippen LogP contribution in [-0.4, -0.2) is 34.3 Å². The Kier molecular flexibility index (Phi) is 3.71. The van der Waals surface area contributed by atoms with Crippen molar-refractivity contribution >= 4 is 23.2 Å². The molecular weight excluding hydrogens is 270 g/mol. The molecule has 0 bridgehead atoms. The molecule has 0 aromatic carbocycles. The Hall–Kier alpha value is -1.69. The van der Waals surface area contributed by atoms with Gasteiger partial charge in [-0.15, -0.1) is 0 Å². The number of hydrogen-bond acceptors (Lipinski definition) is 4. The number of halogens is 1. The van der Waals surface area contributed by atoms with Crippen LogP contribution in [0.2, 0.25) is 5.15 Å². The second-order valence-electron chi connectivity index (χ2n) is 4.95. The van der Waals surface area contributed by atoms with Crippen LogP contribution in [-0.2, 0) is 0 Å². The summed E-state index contributed by atoms with van der Waals surface area (Å²) in [6, 6.07) is 1.17. The SMILES string of the molecule is CC1CC1CN(C)C(=O)c1cc([N+](=O)[O-])cnc1Cl. The number of amides is 1. The summed E-state index contributed by atoms with van der Waals surface area (Å²) >= 11 is 5.84. The quantitative estimate of drug-likeness (QED) is 0.483. The molecule has 6 nitrogen and oxygen atoms in total. The highest BCUT2D eigenvalue weighted by molar-refractivity contribution is 6.32. The fourth-order valence-electron chi connectivity index (χ4n) is 1.98.